The number of rotatable bonds is 4. The zero-order chi connectivity index (χ0) is 16.2. The van der Waals surface area contributed by atoms with E-state index in [1.807, 2.05) is 18.7 Å². The van der Waals surface area contributed by atoms with Crippen molar-refractivity contribution in [3.8, 4) is 5.88 Å². The van der Waals surface area contributed by atoms with Gasteiger partial charge in [0.05, 0.1) is 12.5 Å². The molecule has 2 N–H and O–H groups in total. The van der Waals surface area contributed by atoms with Crippen LogP contribution in [0.5, 0.6) is 5.88 Å². The second-order valence-electron chi connectivity index (χ2n) is 6.43. The fraction of sp³-hybridized carbons (Fsp3) is 0.688. The number of aromatic nitrogens is 2. The Labute approximate surface area is 136 Å². The summed E-state index contributed by atoms with van der Waals surface area (Å²) in [6.45, 7) is 7.71. The third-order valence-electron chi connectivity index (χ3n) is 4.84. The molecule has 7 heteroatoms. The minimum absolute atomic E-state index is 0.0782. The number of carbonyl (C=O) groups excluding carboxylic acids is 1. The number of likely N-dealkylation sites (tertiary alicyclic amines) is 1. The van der Waals surface area contributed by atoms with Gasteiger partial charge in [-0.3, -0.25) is 15.6 Å². The van der Waals surface area contributed by atoms with Crippen LogP contribution in [0.1, 0.15) is 24.1 Å². The quantitative estimate of drug-likeness (QED) is 0.838. The monoisotopic (exact) mass is 319 g/mol. The Bertz CT molecular complexity index is 551. The molecule has 3 heterocycles. The first-order valence-corrected chi connectivity index (χ1v) is 8.30. The van der Waals surface area contributed by atoms with Crippen molar-refractivity contribution in [3.05, 3.63) is 17.6 Å². The molecular weight excluding hydrogens is 294 g/mol. The highest BCUT2D eigenvalue weighted by Crippen LogP contribution is 2.22. The average molecular weight is 319 g/mol. The van der Waals surface area contributed by atoms with Crippen LogP contribution >= 0.6 is 0 Å². The molecule has 2 aliphatic heterocycles. The summed E-state index contributed by atoms with van der Waals surface area (Å²) in [6, 6.07) is 0. The van der Waals surface area contributed by atoms with Gasteiger partial charge < -0.3 is 9.64 Å². The van der Waals surface area contributed by atoms with Gasteiger partial charge in [0, 0.05) is 37.4 Å². The van der Waals surface area contributed by atoms with Crippen molar-refractivity contribution in [2.75, 3.05) is 32.8 Å². The lowest BCUT2D eigenvalue weighted by atomic mass is 9.96. The molecule has 2 saturated heterocycles. The number of ether oxygens (including phenoxy) is 1. The summed E-state index contributed by atoms with van der Waals surface area (Å²) in [5.74, 6) is 1.51. The van der Waals surface area contributed by atoms with Gasteiger partial charge in [0.15, 0.2) is 0 Å². The van der Waals surface area contributed by atoms with Crippen molar-refractivity contribution < 1.29 is 9.53 Å². The summed E-state index contributed by atoms with van der Waals surface area (Å²) in [4.78, 5) is 22.7. The number of nitrogens with zero attached hydrogens (tertiary/aromatic N) is 3. The standard InChI is InChI=1S/C16H25N5O2/c1-11-12(2)17-10-18-15(11)23-9-13-3-5-21(6-4-13)16(22)14-7-19-20-8-14/h10,13-14,19-20H,3-9H2,1-2H3. The number of carbonyl (C=O) groups is 1. The predicted molar refractivity (Wildman–Crippen MR) is 85.8 cm³/mol. The fourth-order valence-electron chi connectivity index (χ4n) is 3.07. The van der Waals surface area contributed by atoms with Gasteiger partial charge >= 0.3 is 0 Å². The largest absolute Gasteiger partial charge is 0.477 e. The molecule has 1 amide bonds. The molecule has 0 spiro atoms. The molecule has 7 nitrogen and oxygen atoms in total. The molecular formula is C16H25N5O2. The van der Waals surface area contributed by atoms with Crippen LogP contribution in [0.25, 0.3) is 0 Å². The summed E-state index contributed by atoms with van der Waals surface area (Å²) in [6.07, 6.45) is 3.52. The number of hydrogen-bond acceptors (Lipinski definition) is 6. The molecule has 23 heavy (non-hydrogen) atoms. The topological polar surface area (TPSA) is 79.4 Å². The Hall–Kier alpha value is -1.73. The van der Waals surface area contributed by atoms with E-state index < -0.39 is 0 Å². The fourth-order valence-corrected chi connectivity index (χ4v) is 3.07. The van der Waals surface area contributed by atoms with Crippen LogP contribution in [0.4, 0.5) is 0 Å². The minimum Gasteiger partial charge on any atom is -0.477 e. The number of amides is 1. The maximum Gasteiger partial charge on any atom is 0.228 e. The van der Waals surface area contributed by atoms with E-state index in [4.69, 9.17) is 4.74 Å². The van der Waals surface area contributed by atoms with Gasteiger partial charge in [0.25, 0.3) is 0 Å². The van der Waals surface area contributed by atoms with E-state index in [-0.39, 0.29) is 11.8 Å². The molecule has 3 rings (SSSR count). The lowest BCUT2D eigenvalue weighted by Crippen LogP contribution is -2.43. The molecule has 0 aromatic carbocycles. The van der Waals surface area contributed by atoms with Gasteiger partial charge in [-0.1, -0.05) is 0 Å². The predicted octanol–water partition coefficient (Wildman–Crippen LogP) is 0.435. The first-order valence-electron chi connectivity index (χ1n) is 8.30. The molecule has 0 unspecified atom stereocenters. The molecule has 0 aliphatic carbocycles. The zero-order valence-corrected chi connectivity index (χ0v) is 13.8. The average Bonchev–Trinajstić information content (AvgIpc) is 3.10. The molecule has 0 bridgehead atoms. The van der Waals surface area contributed by atoms with Crippen LogP contribution in [0.2, 0.25) is 0 Å². The Kier molecular flexibility index (Phi) is 5.07. The van der Waals surface area contributed by atoms with Crippen LogP contribution in [0.15, 0.2) is 6.33 Å². The lowest BCUT2D eigenvalue weighted by Gasteiger charge is -2.33. The molecule has 1 aromatic rings. The number of nitrogens with one attached hydrogen (secondary N) is 2. The van der Waals surface area contributed by atoms with Crippen molar-refractivity contribution in [1.29, 1.82) is 0 Å². The van der Waals surface area contributed by atoms with Crippen molar-refractivity contribution in [2.45, 2.75) is 26.7 Å². The Morgan fingerprint density at radius 2 is 1.96 bits per heavy atom. The van der Waals surface area contributed by atoms with Crippen molar-refractivity contribution in [1.82, 2.24) is 25.7 Å². The zero-order valence-electron chi connectivity index (χ0n) is 13.8. The lowest BCUT2D eigenvalue weighted by molar-refractivity contribution is -0.136. The van der Waals surface area contributed by atoms with Gasteiger partial charge in [-0.05, 0) is 32.6 Å². The summed E-state index contributed by atoms with van der Waals surface area (Å²) >= 11 is 0. The molecule has 0 radical (unpaired) electrons. The number of hydrazine groups is 1. The van der Waals surface area contributed by atoms with Crippen molar-refractivity contribution in [3.63, 3.8) is 0 Å². The molecule has 126 valence electrons. The van der Waals surface area contributed by atoms with Crippen LogP contribution < -0.4 is 15.6 Å². The van der Waals surface area contributed by atoms with Crippen LogP contribution in [-0.4, -0.2) is 53.6 Å². The molecule has 0 saturated carbocycles. The summed E-state index contributed by atoms with van der Waals surface area (Å²) in [7, 11) is 0. The van der Waals surface area contributed by atoms with Gasteiger partial charge in [0.1, 0.15) is 6.33 Å². The van der Waals surface area contributed by atoms with E-state index in [0.717, 1.165) is 50.3 Å². The van der Waals surface area contributed by atoms with Gasteiger partial charge in [0.2, 0.25) is 11.8 Å². The third kappa shape index (κ3) is 3.79. The van der Waals surface area contributed by atoms with E-state index in [1.165, 1.54) is 0 Å². The van der Waals surface area contributed by atoms with E-state index >= 15 is 0 Å². The SMILES string of the molecule is Cc1ncnc(OCC2CCN(C(=O)C3CNNC3)CC2)c1C. The highest BCUT2D eigenvalue weighted by molar-refractivity contribution is 5.79. The maximum atomic E-state index is 12.4. The molecule has 0 atom stereocenters. The molecule has 1 aromatic heterocycles. The first kappa shape index (κ1) is 16.1. The second-order valence-corrected chi connectivity index (χ2v) is 6.43. The third-order valence-corrected chi connectivity index (χ3v) is 4.84. The van der Waals surface area contributed by atoms with Crippen molar-refractivity contribution in [2.24, 2.45) is 11.8 Å². The Morgan fingerprint density at radius 3 is 2.65 bits per heavy atom. The summed E-state index contributed by atoms with van der Waals surface area (Å²) in [5, 5.41) is 0. The number of aryl methyl sites for hydroxylation is 1. The second kappa shape index (κ2) is 7.23. The van der Waals surface area contributed by atoms with E-state index in [2.05, 4.69) is 20.8 Å². The van der Waals surface area contributed by atoms with E-state index in [9.17, 15) is 4.79 Å². The van der Waals surface area contributed by atoms with E-state index in [0.29, 0.717) is 18.4 Å². The normalized spacial score (nSPS) is 20.0. The Morgan fingerprint density at radius 1 is 1.26 bits per heavy atom. The molecule has 2 fully saturated rings. The highest BCUT2D eigenvalue weighted by Gasteiger charge is 2.30. The van der Waals surface area contributed by atoms with Crippen LogP contribution in [0.3, 0.4) is 0 Å². The highest BCUT2D eigenvalue weighted by atomic mass is 16.5. The molecule has 2 aliphatic rings. The number of piperidine rings is 1. The summed E-state index contributed by atoms with van der Waals surface area (Å²) in [5.41, 5.74) is 7.99. The van der Waals surface area contributed by atoms with Gasteiger partial charge in [-0.2, -0.15) is 0 Å². The van der Waals surface area contributed by atoms with Crippen LogP contribution in [0, 0.1) is 25.7 Å². The van der Waals surface area contributed by atoms with Gasteiger partial charge in [-0.25, -0.2) is 9.97 Å². The van der Waals surface area contributed by atoms with Crippen molar-refractivity contribution >= 4 is 5.91 Å². The smallest absolute Gasteiger partial charge is 0.228 e. The Balaban J connectivity index is 1.46. The van der Waals surface area contributed by atoms with Gasteiger partial charge in [-0.15, -0.1) is 0 Å². The number of hydrogen-bond donors (Lipinski definition) is 2. The maximum absolute atomic E-state index is 12.4. The first-order chi connectivity index (χ1) is 11.1. The van der Waals surface area contributed by atoms with Crippen LogP contribution in [-0.2, 0) is 4.79 Å². The van der Waals surface area contributed by atoms with E-state index in [1.54, 1.807) is 6.33 Å². The summed E-state index contributed by atoms with van der Waals surface area (Å²) < 4.78 is 5.88. The minimum atomic E-state index is 0.0782.